The van der Waals surface area contributed by atoms with Gasteiger partial charge in [-0.2, -0.15) is 0 Å². The fraction of sp³-hybridized carbons (Fsp3) is 0.526. The van der Waals surface area contributed by atoms with Crippen molar-refractivity contribution in [3.63, 3.8) is 0 Å². The molecule has 1 aromatic rings. The molecule has 1 heterocycles. The Morgan fingerprint density at radius 1 is 0.889 bits per heavy atom. The maximum atomic E-state index is 12.7. The van der Waals surface area contributed by atoms with Crippen LogP contribution in [-0.4, -0.2) is 72.2 Å². The van der Waals surface area contributed by atoms with E-state index in [1.807, 2.05) is 6.92 Å². The molecule has 0 bridgehead atoms. The van der Waals surface area contributed by atoms with Gasteiger partial charge in [-0.25, -0.2) is 0 Å². The van der Waals surface area contributed by atoms with Crippen LogP contribution in [0, 0.1) is 0 Å². The summed E-state index contributed by atoms with van der Waals surface area (Å²) in [6.45, 7) is 3.09. The molecule has 148 valence electrons. The van der Waals surface area contributed by atoms with Gasteiger partial charge in [0.25, 0.3) is 0 Å². The SMILES string of the molecule is CCN(CC(=O)O)c1ccccc1N(CC(=O)O)CC(=O)N1CCCCC1. The molecule has 8 nitrogen and oxygen atoms in total. The van der Waals surface area contributed by atoms with E-state index in [0.29, 0.717) is 31.0 Å². The number of amides is 1. The zero-order valence-corrected chi connectivity index (χ0v) is 15.6. The Kier molecular flexibility index (Phi) is 7.45. The monoisotopic (exact) mass is 377 g/mol. The highest BCUT2D eigenvalue weighted by atomic mass is 16.4. The summed E-state index contributed by atoms with van der Waals surface area (Å²) in [5, 5.41) is 18.5. The Hall–Kier alpha value is -2.77. The minimum atomic E-state index is -1.04. The minimum absolute atomic E-state index is 0.0477. The smallest absolute Gasteiger partial charge is 0.323 e. The first kappa shape index (κ1) is 20.5. The highest BCUT2D eigenvalue weighted by Gasteiger charge is 2.24. The average molecular weight is 377 g/mol. The molecule has 27 heavy (non-hydrogen) atoms. The fourth-order valence-corrected chi connectivity index (χ4v) is 3.33. The third-order valence-electron chi connectivity index (χ3n) is 4.63. The van der Waals surface area contributed by atoms with E-state index in [0.717, 1.165) is 19.3 Å². The van der Waals surface area contributed by atoms with Crippen LogP contribution >= 0.6 is 0 Å². The van der Waals surface area contributed by atoms with Crippen LogP contribution in [0.1, 0.15) is 26.2 Å². The molecule has 1 aromatic carbocycles. The Balaban J connectivity index is 2.28. The number of likely N-dealkylation sites (N-methyl/N-ethyl adjacent to an activating group) is 1. The number of hydrogen-bond donors (Lipinski definition) is 2. The number of hydrogen-bond acceptors (Lipinski definition) is 5. The number of carboxylic acid groups (broad SMARTS) is 2. The number of benzene rings is 1. The molecular formula is C19H27N3O5. The molecule has 8 heteroatoms. The molecule has 1 fully saturated rings. The number of nitrogens with zero attached hydrogens (tertiary/aromatic N) is 3. The van der Waals surface area contributed by atoms with Crippen LogP contribution in [0.5, 0.6) is 0 Å². The third kappa shape index (κ3) is 5.87. The first-order valence-corrected chi connectivity index (χ1v) is 9.22. The number of carbonyl (C=O) groups is 3. The summed E-state index contributed by atoms with van der Waals surface area (Å²) >= 11 is 0. The molecule has 0 aliphatic carbocycles. The second-order valence-electron chi connectivity index (χ2n) is 6.59. The fourth-order valence-electron chi connectivity index (χ4n) is 3.33. The Bertz CT molecular complexity index is 673. The van der Waals surface area contributed by atoms with Gasteiger partial charge in [0.1, 0.15) is 13.1 Å². The molecule has 0 saturated carbocycles. The summed E-state index contributed by atoms with van der Waals surface area (Å²) < 4.78 is 0. The number of anilines is 2. The number of carbonyl (C=O) groups excluding carboxylic acids is 1. The molecule has 0 aromatic heterocycles. The largest absolute Gasteiger partial charge is 0.480 e. The lowest BCUT2D eigenvalue weighted by Crippen LogP contribution is -2.44. The Morgan fingerprint density at radius 2 is 1.41 bits per heavy atom. The van der Waals surface area contributed by atoms with Gasteiger partial charge >= 0.3 is 11.9 Å². The number of rotatable bonds is 9. The lowest BCUT2D eigenvalue weighted by atomic mass is 10.1. The van der Waals surface area contributed by atoms with Crippen LogP contribution in [0.2, 0.25) is 0 Å². The molecule has 1 saturated heterocycles. The van der Waals surface area contributed by atoms with E-state index in [1.165, 1.54) is 4.90 Å². The van der Waals surface area contributed by atoms with E-state index in [4.69, 9.17) is 5.11 Å². The molecule has 0 unspecified atom stereocenters. The van der Waals surface area contributed by atoms with Crippen LogP contribution in [0.3, 0.4) is 0 Å². The van der Waals surface area contributed by atoms with E-state index in [9.17, 15) is 19.5 Å². The summed E-state index contributed by atoms with van der Waals surface area (Å²) in [5.41, 5.74) is 1.16. The van der Waals surface area contributed by atoms with Gasteiger partial charge in [-0.1, -0.05) is 12.1 Å². The van der Waals surface area contributed by atoms with E-state index in [-0.39, 0.29) is 25.5 Å². The normalized spacial score (nSPS) is 13.9. The number of likely N-dealkylation sites (tertiary alicyclic amines) is 1. The van der Waals surface area contributed by atoms with E-state index in [2.05, 4.69) is 0 Å². The van der Waals surface area contributed by atoms with Crippen LogP contribution < -0.4 is 9.80 Å². The molecule has 1 aliphatic rings. The van der Waals surface area contributed by atoms with Gasteiger partial charge in [0.2, 0.25) is 5.91 Å². The van der Waals surface area contributed by atoms with E-state index in [1.54, 1.807) is 34.1 Å². The maximum Gasteiger partial charge on any atom is 0.323 e. The summed E-state index contributed by atoms with van der Waals surface area (Å²) in [5.74, 6) is -2.12. The molecule has 0 atom stereocenters. The van der Waals surface area contributed by atoms with Gasteiger partial charge in [-0.15, -0.1) is 0 Å². The van der Waals surface area contributed by atoms with Gasteiger partial charge in [-0.3, -0.25) is 14.4 Å². The predicted octanol–water partition coefficient (Wildman–Crippen LogP) is 1.50. The summed E-state index contributed by atoms with van der Waals surface area (Å²) in [6, 6.07) is 7.01. The highest BCUT2D eigenvalue weighted by molar-refractivity contribution is 5.87. The summed E-state index contributed by atoms with van der Waals surface area (Å²) in [4.78, 5) is 40.2. The second-order valence-corrected chi connectivity index (χ2v) is 6.59. The van der Waals surface area contributed by atoms with Gasteiger partial charge in [-0.05, 0) is 38.3 Å². The molecular weight excluding hydrogens is 350 g/mol. The number of aliphatic carboxylic acids is 2. The minimum Gasteiger partial charge on any atom is -0.480 e. The molecule has 1 aliphatic heterocycles. The van der Waals surface area contributed by atoms with Crippen molar-refractivity contribution in [1.82, 2.24) is 4.90 Å². The highest BCUT2D eigenvalue weighted by Crippen LogP contribution is 2.29. The maximum absolute atomic E-state index is 12.7. The van der Waals surface area contributed by atoms with Crippen LogP contribution in [0.25, 0.3) is 0 Å². The zero-order valence-electron chi connectivity index (χ0n) is 15.6. The van der Waals surface area contributed by atoms with Crippen molar-refractivity contribution in [2.24, 2.45) is 0 Å². The first-order chi connectivity index (χ1) is 12.9. The standard InChI is InChI=1S/C19H27N3O5/c1-2-20(13-18(24)25)15-8-4-5-9-16(15)22(14-19(26)27)12-17(23)21-10-6-3-7-11-21/h4-5,8-9H,2-3,6-7,10-14H2,1H3,(H,24,25)(H,26,27). The second kappa shape index (κ2) is 9.80. The van der Waals surface area contributed by atoms with Crippen LogP contribution in [0.4, 0.5) is 11.4 Å². The van der Waals surface area contributed by atoms with Crippen molar-refractivity contribution >= 4 is 29.2 Å². The lowest BCUT2D eigenvalue weighted by Gasteiger charge is -2.33. The number of piperidine rings is 1. The predicted molar refractivity (Wildman–Crippen MR) is 102 cm³/mol. The summed E-state index contributed by atoms with van der Waals surface area (Å²) in [7, 11) is 0. The van der Waals surface area contributed by atoms with Gasteiger partial charge in [0, 0.05) is 19.6 Å². The molecule has 0 spiro atoms. The van der Waals surface area contributed by atoms with Crippen LogP contribution in [0.15, 0.2) is 24.3 Å². The molecule has 2 N–H and O–H groups in total. The molecule has 2 rings (SSSR count). The van der Waals surface area contributed by atoms with E-state index >= 15 is 0 Å². The van der Waals surface area contributed by atoms with Crippen molar-refractivity contribution in [2.45, 2.75) is 26.2 Å². The van der Waals surface area contributed by atoms with Gasteiger partial charge in [0.05, 0.1) is 17.9 Å². The number of para-hydroxylation sites is 2. The lowest BCUT2D eigenvalue weighted by molar-refractivity contribution is -0.136. The van der Waals surface area contributed by atoms with Crippen molar-refractivity contribution < 1.29 is 24.6 Å². The Morgan fingerprint density at radius 3 is 1.93 bits per heavy atom. The first-order valence-electron chi connectivity index (χ1n) is 9.22. The average Bonchev–Trinajstić information content (AvgIpc) is 2.65. The molecule has 0 radical (unpaired) electrons. The van der Waals surface area contributed by atoms with Crippen molar-refractivity contribution in [2.75, 3.05) is 49.1 Å². The quantitative estimate of drug-likeness (QED) is 0.672. The van der Waals surface area contributed by atoms with Crippen molar-refractivity contribution in [3.8, 4) is 0 Å². The zero-order chi connectivity index (χ0) is 19.8. The van der Waals surface area contributed by atoms with Crippen molar-refractivity contribution in [3.05, 3.63) is 24.3 Å². The van der Waals surface area contributed by atoms with Gasteiger partial charge < -0.3 is 24.9 Å². The third-order valence-corrected chi connectivity index (χ3v) is 4.63. The topological polar surface area (TPSA) is 101 Å². The summed E-state index contributed by atoms with van der Waals surface area (Å²) in [6.07, 6.45) is 3.03. The van der Waals surface area contributed by atoms with Crippen LogP contribution in [-0.2, 0) is 14.4 Å². The van der Waals surface area contributed by atoms with Gasteiger partial charge in [0.15, 0.2) is 0 Å². The molecule has 1 amide bonds. The van der Waals surface area contributed by atoms with Crippen molar-refractivity contribution in [1.29, 1.82) is 0 Å². The number of carboxylic acids is 2. The Labute approximate surface area is 159 Å². The van der Waals surface area contributed by atoms with E-state index < -0.39 is 11.9 Å².